The Kier molecular flexibility index (Phi) is 4.41. The molecule has 140 valence electrons. The van der Waals surface area contributed by atoms with E-state index in [1.807, 2.05) is 0 Å². The first-order valence-electron chi connectivity index (χ1n) is 8.38. The van der Waals surface area contributed by atoms with Crippen molar-refractivity contribution >= 4 is 38.2 Å². The maximum atomic E-state index is 13.4. The number of fused-ring (bicyclic) bond motifs is 1. The summed E-state index contributed by atoms with van der Waals surface area (Å²) in [6.07, 6.45) is 1.94. The van der Waals surface area contributed by atoms with Gasteiger partial charge < -0.3 is 15.6 Å². The Labute approximate surface area is 161 Å². The summed E-state index contributed by atoms with van der Waals surface area (Å²) in [7, 11) is -3.90. The van der Waals surface area contributed by atoms with E-state index in [-0.39, 0.29) is 22.5 Å². The summed E-state index contributed by atoms with van der Waals surface area (Å²) in [5.41, 5.74) is 6.84. The van der Waals surface area contributed by atoms with E-state index < -0.39 is 21.3 Å². The minimum atomic E-state index is -3.90. The van der Waals surface area contributed by atoms with Crippen LogP contribution in [0.25, 0.3) is 10.9 Å². The molecule has 1 aromatic carbocycles. The van der Waals surface area contributed by atoms with Crippen LogP contribution in [-0.2, 0) is 14.6 Å². The van der Waals surface area contributed by atoms with Crippen molar-refractivity contribution in [3.05, 3.63) is 59.5 Å². The van der Waals surface area contributed by atoms with Crippen molar-refractivity contribution in [1.82, 2.24) is 14.9 Å². The first kappa shape index (κ1) is 18.0. The van der Waals surface area contributed by atoms with Crippen LogP contribution in [0.3, 0.4) is 0 Å². The van der Waals surface area contributed by atoms with E-state index in [0.717, 1.165) is 0 Å². The van der Waals surface area contributed by atoms with E-state index >= 15 is 0 Å². The fourth-order valence-electron chi connectivity index (χ4n) is 3.37. The molecule has 1 aliphatic heterocycles. The zero-order valence-corrected chi connectivity index (χ0v) is 15.7. The van der Waals surface area contributed by atoms with Crippen molar-refractivity contribution in [3.63, 3.8) is 0 Å². The van der Waals surface area contributed by atoms with Gasteiger partial charge in [-0.05, 0) is 30.7 Å². The van der Waals surface area contributed by atoms with Crippen molar-refractivity contribution in [1.29, 1.82) is 0 Å². The molecule has 0 radical (unpaired) electrons. The third kappa shape index (κ3) is 2.99. The Hall–Kier alpha value is -2.42. The second kappa shape index (κ2) is 6.63. The Morgan fingerprint density at radius 3 is 2.63 bits per heavy atom. The third-order valence-electron chi connectivity index (χ3n) is 4.72. The molecular weight excluding hydrogens is 388 g/mol. The average molecular weight is 405 g/mol. The van der Waals surface area contributed by atoms with Gasteiger partial charge in [0.2, 0.25) is 15.7 Å². The number of carbonyl (C=O) groups is 1. The molecule has 2 unspecified atom stereocenters. The van der Waals surface area contributed by atoms with Crippen LogP contribution in [0.4, 0.5) is 0 Å². The van der Waals surface area contributed by atoms with E-state index in [1.165, 1.54) is 23.2 Å². The summed E-state index contributed by atoms with van der Waals surface area (Å²) in [4.78, 5) is 21.1. The summed E-state index contributed by atoms with van der Waals surface area (Å²) in [6.45, 7) is 0.262. The van der Waals surface area contributed by atoms with Crippen molar-refractivity contribution in [2.24, 2.45) is 5.73 Å². The van der Waals surface area contributed by atoms with Crippen LogP contribution in [0.5, 0.6) is 0 Å². The predicted octanol–water partition coefficient (Wildman–Crippen LogP) is 2.25. The zero-order chi connectivity index (χ0) is 19.2. The maximum absolute atomic E-state index is 13.4. The normalized spacial score (nSPS) is 19.0. The summed E-state index contributed by atoms with van der Waals surface area (Å²) in [5.74, 6) is -0.387. The van der Waals surface area contributed by atoms with Gasteiger partial charge in [0, 0.05) is 18.1 Å². The first-order chi connectivity index (χ1) is 12.9. The first-order valence-corrected chi connectivity index (χ1v) is 10.3. The van der Waals surface area contributed by atoms with Gasteiger partial charge in [0.25, 0.3) is 0 Å². The van der Waals surface area contributed by atoms with E-state index in [9.17, 15) is 13.2 Å². The number of nitrogens with two attached hydrogens (primary N) is 1. The van der Waals surface area contributed by atoms with Crippen molar-refractivity contribution < 1.29 is 13.2 Å². The molecular formula is C18H17ClN4O3S. The summed E-state index contributed by atoms with van der Waals surface area (Å²) < 4.78 is 26.9. The van der Waals surface area contributed by atoms with Gasteiger partial charge in [0.15, 0.2) is 5.37 Å². The minimum Gasteiger partial charge on any atom is -0.356 e. The van der Waals surface area contributed by atoms with Gasteiger partial charge in [-0.1, -0.05) is 29.8 Å². The van der Waals surface area contributed by atoms with Crippen LogP contribution in [0.1, 0.15) is 17.5 Å². The van der Waals surface area contributed by atoms with Gasteiger partial charge in [-0.25, -0.2) is 13.4 Å². The van der Waals surface area contributed by atoms with Gasteiger partial charge >= 0.3 is 0 Å². The molecule has 3 heterocycles. The molecule has 1 amide bonds. The largest absolute Gasteiger partial charge is 0.356 e. The van der Waals surface area contributed by atoms with E-state index in [2.05, 4.69) is 9.97 Å². The molecule has 1 fully saturated rings. The van der Waals surface area contributed by atoms with Gasteiger partial charge in [-0.3, -0.25) is 4.79 Å². The number of H-pyrrole nitrogens is 1. The highest BCUT2D eigenvalue weighted by molar-refractivity contribution is 7.91. The molecule has 4 rings (SSSR count). The molecule has 1 aliphatic rings. The lowest BCUT2D eigenvalue weighted by molar-refractivity contribution is -0.129. The lowest BCUT2D eigenvalue weighted by Crippen LogP contribution is -2.39. The number of aromatic amines is 1. The highest BCUT2D eigenvalue weighted by Gasteiger charge is 2.42. The second-order valence-corrected chi connectivity index (χ2v) is 8.79. The van der Waals surface area contributed by atoms with E-state index in [0.29, 0.717) is 23.0 Å². The smallest absolute Gasteiger partial charge is 0.240 e. The SMILES string of the molecule is NC1CCN(C(c2cc3c(Cl)nccc3[nH]2)S(=O)(=O)c2ccccc2)C1=O. The fourth-order valence-corrected chi connectivity index (χ4v) is 5.39. The lowest BCUT2D eigenvalue weighted by atomic mass is 10.3. The number of likely N-dealkylation sites (tertiary alicyclic amines) is 1. The molecule has 0 spiro atoms. The standard InChI is InChI=1S/C18H17ClN4O3S/c19-16-12-10-15(22-14(12)6-8-21-16)18(23-9-7-13(20)17(23)24)27(25,26)11-4-2-1-3-5-11/h1-6,8,10,13,18,22H,7,9,20H2. The van der Waals surface area contributed by atoms with Crippen LogP contribution in [0.2, 0.25) is 5.15 Å². The number of nitrogens with zero attached hydrogens (tertiary/aromatic N) is 2. The van der Waals surface area contributed by atoms with Crippen LogP contribution in [0.15, 0.2) is 53.6 Å². The van der Waals surface area contributed by atoms with Gasteiger partial charge in [-0.2, -0.15) is 0 Å². The van der Waals surface area contributed by atoms with Crippen LogP contribution in [-0.4, -0.2) is 41.8 Å². The van der Waals surface area contributed by atoms with Crippen LogP contribution >= 0.6 is 11.6 Å². The summed E-state index contributed by atoms with van der Waals surface area (Å²) in [5, 5.41) is -0.363. The topological polar surface area (TPSA) is 109 Å². The Morgan fingerprint density at radius 2 is 2.00 bits per heavy atom. The third-order valence-corrected chi connectivity index (χ3v) is 7.04. The van der Waals surface area contributed by atoms with E-state index in [1.54, 1.807) is 30.3 Å². The molecule has 0 aliphatic carbocycles. The number of nitrogens with one attached hydrogen (secondary N) is 1. The molecule has 1 saturated heterocycles. The highest BCUT2D eigenvalue weighted by atomic mass is 35.5. The molecule has 3 N–H and O–H groups in total. The predicted molar refractivity (Wildman–Crippen MR) is 102 cm³/mol. The molecule has 9 heteroatoms. The number of rotatable bonds is 4. The molecule has 2 atom stereocenters. The number of hydrogen-bond donors (Lipinski definition) is 2. The fraction of sp³-hybridized carbons (Fsp3) is 0.222. The number of halogens is 1. The number of pyridine rings is 1. The molecule has 2 aromatic heterocycles. The van der Waals surface area contributed by atoms with Gasteiger partial charge in [0.05, 0.1) is 22.1 Å². The Balaban J connectivity index is 1.91. The van der Waals surface area contributed by atoms with Gasteiger partial charge in [0.1, 0.15) is 5.15 Å². The number of amides is 1. The summed E-state index contributed by atoms with van der Waals surface area (Å²) in [6, 6.07) is 10.7. The van der Waals surface area contributed by atoms with E-state index in [4.69, 9.17) is 17.3 Å². The van der Waals surface area contributed by atoms with Crippen LogP contribution < -0.4 is 5.73 Å². The van der Waals surface area contributed by atoms with Crippen molar-refractivity contribution in [2.45, 2.75) is 22.7 Å². The molecule has 0 bridgehead atoms. The summed E-state index contributed by atoms with van der Waals surface area (Å²) >= 11 is 6.14. The zero-order valence-electron chi connectivity index (χ0n) is 14.2. The Morgan fingerprint density at radius 1 is 1.26 bits per heavy atom. The molecule has 7 nitrogen and oxygen atoms in total. The number of carbonyl (C=O) groups excluding carboxylic acids is 1. The minimum absolute atomic E-state index is 0.131. The quantitative estimate of drug-likeness (QED) is 0.648. The number of hydrogen-bond acceptors (Lipinski definition) is 5. The highest BCUT2D eigenvalue weighted by Crippen LogP contribution is 2.36. The maximum Gasteiger partial charge on any atom is 0.240 e. The molecule has 27 heavy (non-hydrogen) atoms. The number of benzene rings is 1. The lowest BCUT2D eigenvalue weighted by Gasteiger charge is -2.27. The number of aromatic nitrogens is 2. The Bertz CT molecular complexity index is 1110. The number of sulfone groups is 1. The average Bonchev–Trinajstić information content (AvgIpc) is 3.22. The van der Waals surface area contributed by atoms with Crippen LogP contribution in [0, 0.1) is 0 Å². The van der Waals surface area contributed by atoms with Crippen molar-refractivity contribution in [2.75, 3.05) is 6.54 Å². The molecule has 0 saturated carbocycles. The monoisotopic (exact) mass is 404 g/mol. The second-order valence-electron chi connectivity index (χ2n) is 6.42. The van der Waals surface area contributed by atoms with Gasteiger partial charge in [-0.15, -0.1) is 0 Å². The van der Waals surface area contributed by atoms with Crippen molar-refractivity contribution in [3.8, 4) is 0 Å². The molecule has 3 aromatic rings.